The topological polar surface area (TPSA) is 49.9 Å². The molecular weight excluding hydrogens is 431 g/mol. The van der Waals surface area contributed by atoms with Crippen molar-refractivity contribution >= 4 is 23.1 Å². The highest BCUT2D eigenvalue weighted by molar-refractivity contribution is 6.36. The van der Waals surface area contributed by atoms with Crippen molar-refractivity contribution in [1.82, 2.24) is 4.90 Å². The van der Waals surface area contributed by atoms with E-state index in [0.29, 0.717) is 29.0 Å². The van der Waals surface area contributed by atoms with Gasteiger partial charge in [0.05, 0.1) is 11.7 Å². The Labute approximate surface area is 199 Å². The van der Waals surface area contributed by atoms with Crippen LogP contribution in [0.4, 0.5) is 10.1 Å². The third kappa shape index (κ3) is 4.86. The molecular formula is C28H27FN2O3. The van der Waals surface area contributed by atoms with E-state index < -0.39 is 0 Å². The summed E-state index contributed by atoms with van der Waals surface area (Å²) in [6, 6.07) is 22.8. The zero-order valence-corrected chi connectivity index (χ0v) is 19.5. The molecule has 1 aliphatic heterocycles. The third-order valence-electron chi connectivity index (χ3n) is 5.67. The van der Waals surface area contributed by atoms with Crippen molar-refractivity contribution in [3.05, 3.63) is 102 Å². The van der Waals surface area contributed by atoms with Crippen molar-refractivity contribution in [2.24, 2.45) is 0 Å². The highest BCUT2D eigenvalue weighted by atomic mass is 19.1. The fourth-order valence-corrected chi connectivity index (χ4v) is 3.98. The van der Waals surface area contributed by atoms with Crippen molar-refractivity contribution < 1.29 is 18.7 Å². The van der Waals surface area contributed by atoms with E-state index in [9.17, 15) is 14.0 Å². The first-order chi connectivity index (χ1) is 16.3. The lowest BCUT2D eigenvalue weighted by molar-refractivity contribution is -0.136. The quantitative estimate of drug-likeness (QED) is 0.442. The first-order valence-corrected chi connectivity index (χ1v) is 11.3. The molecule has 2 amide bonds. The minimum atomic E-state index is -0.351. The number of rotatable bonds is 8. The molecule has 4 rings (SSSR count). The summed E-state index contributed by atoms with van der Waals surface area (Å²) in [6.07, 6.45) is 0.468. The Bertz CT molecular complexity index is 1200. The van der Waals surface area contributed by atoms with E-state index in [1.807, 2.05) is 44.2 Å². The van der Waals surface area contributed by atoms with Gasteiger partial charge in [-0.05, 0) is 67.8 Å². The highest BCUT2D eigenvalue weighted by Crippen LogP contribution is 2.34. The molecule has 34 heavy (non-hydrogen) atoms. The second kappa shape index (κ2) is 9.91. The average molecular weight is 459 g/mol. The molecule has 1 aliphatic rings. The number of imide groups is 1. The number of anilines is 1. The number of amides is 2. The van der Waals surface area contributed by atoms with Gasteiger partial charge in [0, 0.05) is 19.3 Å². The van der Waals surface area contributed by atoms with Gasteiger partial charge in [-0.15, -0.1) is 0 Å². The van der Waals surface area contributed by atoms with E-state index in [4.69, 9.17) is 4.74 Å². The van der Waals surface area contributed by atoms with Crippen LogP contribution in [0.1, 0.15) is 25.0 Å². The number of nitrogens with zero attached hydrogens (tertiary/aromatic N) is 2. The summed E-state index contributed by atoms with van der Waals surface area (Å²) >= 11 is 0. The van der Waals surface area contributed by atoms with Crippen molar-refractivity contribution in [1.29, 1.82) is 0 Å². The summed E-state index contributed by atoms with van der Waals surface area (Å²) in [6.45, 7) is 4.09. The van der Waals surface area contributed by atoms with Gasteiger partial charge in [0.2, 0.25) is 0 Å². The lowest BCUT2D eigenvalue weighted by Gasteiger charge is -2.21. The Kier molecular flexibility index (Phi) is 6.77. The summed E-state index contributed by atoms with van der Waals surface area (Å²) in [5.74, 6) is -0.321. The zero-order chi connectivity index (χ0) is 24.2. The number of carbonyl (C=O) groups excluding carboxylic acids is 2. The maximum atomic E-state index is 13.5. The molecule has 0 saturated carbocycles. The standard InChI is InChI=1S/C28H27FN2O3/c1-19(2)34-24-15-11-21(12-16-24)25-26(30(3)23-7-5-4-6-8-23)28(33)31(27(25)32)18-17-20-9-13-22(29)14-10-20/h4-16,19H,17-18H2,1-3H3. The van der Waals surface area contributed by atoms with Crippen molar-refractivity contribution in [3.8, 4) is 5.75 Å². The molecule has 0 spiro atoms. The van der Waals surface area contributed by atoms with Crippen LogP contribution in [-0.4, -0.2) is 36.4 Å². The first kappa shape index (κ1) is 23.2. The average Bonchev–Trinajstić information content (AvgIpc) is 3.08. The fraction of sp³-hybridized carbons (Fsp3) is 0.214. The summed E-state index contributed by atoms with van der Waals surface area (Å²) in [5, 5.41) is 0. The van der Waals surface area contributed by atoms with Crippen molar-refractivity contribution in [3.63, 3.8) is 0 Å². The number of hydrogen-bond acceptors (Lipinski definition) is 4. The van der Waals surface area contributed by atoms with Crippen LogP contribution in [0.2, 0.25) is 0 Å². The Morgan fingerprint density at radius 2 is 1.53 bits per heavy atom. The van der Waals surface area contributed by atoms with Crippen LogP contribution >= 0.6 is 0 Å². The molecule has 0 aromatic heterocycles. The minimum absolute atomic E-state index is 0.0292. The smallest absolute Gasteiger partial charge is 0.278 e. The molecule has 0 unspecified atom stereocenters. The van der Waals surface area contributed by atoms with Gasteiger partial charge < -0.3 is 9.64 Å². The van der Waals surface area contributed by atoms with E-state index in [-0.39, 0.29) is 30.3 Å². The molecule has 0 bridgehead atoms. The molecule has 0 aliphatic carbocycles. The maximum absolute atomic E-state index is 13.5. The lowest BCUT2D eigenvalue weighted by Crippen LogP contribution is -2.35. The second-order valence-electron chi connectivity index (χ2n) is 8.45. The number of para-hydroxylation sites is 1. The van der Waals surface area contributed by atoms with Crippen LogP contribution in [0.25, 0.3) is 5.57 Å². The molecule has 0 radical (unpaired) electrons. The molecule has 3 aromatic rings. The van der Waals surface area contributed by atoms with Crippen molar-refractivity contribution in [2.75, 3.05) is 18.5 Å². The van der Waals surface area contributed by atoms with Crippen LogP contribution in [0.5, 0.6) is 5.75 Å². The number of hydrogen-bond donors (Lipinski definition) is 0. The molecule has 5 nitrogen and oxygen atoms in total. The van der Waals surface area contributed by atoms with Gasteiger partial charge in [-0.2, -0.15) is 0 Å². The Balaban J connectivity index is 1.68. The van der Waals surface area contributed by atoms with E-state index in [0.717, 1.165) is 11.3 Å². The number of benzene rings is 3. The van der Waals surface area contributed by atoms with Crippen LogP contribution in [0, 0.1) is 5.82 Å². The Morgan fingerprint density at radius 3 is 2.15 bits per heavy atom. The van der Waals surface area contributed by atoms with Crippen LogP contribution in [0.3, 0.4) is 0 Å². The second-order valence-corrected chi connectivity index (χ2v) is 8.45. The van der Waals surface area contributed by atoms with E-state index in [1.54, 1.807) is 48.3 Å². The molecule has 0 N–H and O–H groups in total. The summed E-state index contributed by atoms with van der Waals surface area (Å²) in [4.78, 5) is 30.1. The SMILES string of the molecule is CC(C)Oc1ccc(C2=C(N(C)c3ccccc3)C(=O)N(CCc3ccc(F)cc3)C2=O)cc1. The zero-order valence-electron chi connectivity index (χ0n) is 19.5. The fourth-order valence-electron chi connectivity index (χ4n) is 3.98. The van der Waals surface area contributed by atoms with E-state index in [2.05, 4.69) is 0 Å². The highest BCUT2D eigenvalue weighted by Gasteiger charge is 2.40. The summed E-state index contributed by atoms with van der Waals surface area (Å²) < 4.78 is 19.0. The maximum Gasteiger partial charge on any atom is 0.278 e. The van der Waals surface area contributed by atoms with E-state index in [1.165, 1.54) is 17.0 Å². The number of carbonyl (C=O) groups is 2. The molecule has 1 heterocycles. The summed E-state index contributed by atoms with van der Waals surface area (Å²) in [5.41, 5.74) is 2.98. The predicted molar refractivity (Wildman–Crippen MR) is 131 cm³/mol. The van der Waals surface area contributed by atoms with Gasteiger partial charge in [-0.3, -0.25) is 14.5 Å². The number of likely N-dealkylation sites (N-methyl/N-ethyl adjacent to an activating group) is 1. The predicted octanol–water partition coefficient (Wildman–Crippen LogP) is 5.07. The number of halogens is 1. The van der Waals surface area contributed by atoms with Crippen LogP contribution in [0.15, 0.2) is 84.6 Å². The first-order valence-electron chi connectivity index (χ1n) is 11.3. The largest absolute Gasteiger partial charge is 0.491 e. The molecule has 0 fully saturated rings. The molecule has 174 valence electrons. The van der Waals surface area contributed by atoms with Gasteiger partial charge in [0.25, 0.3) is 11.8 Å². The third-order valence-corrected chi connectivity index (χ3v) is 5.67. The summed E-state index contributed by atoms with van der Waals surface area (Å²) in [7, 11) is 1.79. The van der Waals surface area contributed by atoms with E-state index >= 15 is 0 Å². The number of ether oxygens (including phenoxy) is 1. The molecule has 0 saturated heterocycles. The van der Waals surface area contributed by atoms with Crippen molar-refractivity contribution in [2.45, 2.75) is 26.4 Å². The van der Waals surface area contributed by atoms with Gasteiger partial charge in [-0.25, -0.2) is 4.39 Å². The van der Waals surface area contributed by atoms with Gasteiger partial charge in [0.15, 0.2) is 0 Å². The molecule has 0 atom stereocenters. The van der Waals surface area contributed by atoms with Crippen LogP contribution in [-0.2, 0) is 16.0 Å². The van der Waals surface area contributed by atoms with Crippen LogP contribution < -0.4 is 9.64 Å². The Hall–Kier alpha value is -3.93. The van der Waals surface area contributed by atoms with Gasteiger partial charge in [-0.1, -0.05) is 42.5 Å². The Morgan fingerprint density at radius 1 is 0.882 bits per heavy atom. The monoisotopic (exact) mass is 458 g/mol. The van der Waals surface area contributed by atoms with Gasteiger partial charge >= 0.3 is 0 Å². The molecule has 6 heteroatoms. The van der Waals surface area contributed by atoms with Gasteiger partial charge in [0.1, 0.15) is 17.3 Å². The minimum Gasteiger partial charge on any atom is -0.491 e. The normalized spacial score (nSPS) is 13.7. The lowest BCUT2D eigenvalue weighted by atomic mass is 10.0. The molecule has 3 aromatic carbocycles.